The number of carbonyl (C=O) groups excluding carboxylic acids is 1. The molecule has 20 heavy (non-hydrogen) atoms. The highest BCUT2D eigenvalue weighted by Crippen LogP contribution is 2.15. The summed E-state index contributed by atoms with van der Waals surface area (Å²) in [7, 11) is 3.13. The van der Waals surface area contributed by atoms with Gasteiger partial charge in [-0.3, -0.25) is 4.79 Å². The van der Waals surface area contributed by atoms with Crippen molar-refractivity contribution in [1.82, 2.24) is 0 Å². The summed E-state index contributed by atoms with van der Waals surface area (Å²) in [4.78, 5) is 11.7. The van der Waals surface area contributed by atoms with Gasteiger partial charge in [-0.15, -0.1) is 0 Å². The van der Waals surface area contributed by atoms with E-state index in [0.717, 1.165) is 0 Å². The quantitative estimate of drug-likeness (QED) is 0.420. The van der Waals surface area contributed by atoms with Gasteiger partial charge in [0.15, 0.2) is 0 Å². The molecule has 0 spiro atoms. The molecule has 0 bridgehead atoms. The third kappa shape index (κ3) is 7.00. The van der Waals surface area contributed by atoms with Crippen molar-refractivity contribution in [3.05, 3.63) is 12.2 Å². The second-order valence-corrected chi connectivity index (χ2v) is 4.68. The molecule has 1 rings (SSSR count). The molecule has 0 saturated carbocycles. The SMILES string of the molecule is COCO[C@@H]1/C=C\[C@@H](OCOC)C[C@@H](C)OC(=O)CC1. The molecule has 0 aromatic rings. The normalized spacial score (nSPS) is 29.8. The van der Waals surface area contributed by atoms with E-state index in [1.807, 2.05) is 19.1 Å². The summed E-state index contributed by atoms with van der Waals surface area (Å²) < 4.78 is 26.1. The van der Waals surface area contributed by atoms with Crippen LogP contribution in [0.25, 0.3) is 0 Å². The molecule has 6 heteroatoms. The molecular formula is C14H24O6. The van der Waals surface area contributed by atoms with Gasteiger partial charge in [0.2, 0.25) is 0 Å². The second kappa shape index (κ2) is 9.88. The molecule has 3 atom stereocenters. The molecule has 6 nitrogen and oxygen atoms in total. The van der Waals surface area contributed by atoms with E-state index in [1.54, 1.807) is 14.2 Å². The van der Waals surface area contributed by atoms with Crippen molar-refractivity contribution in [3.8, 4) is 0 Å². The first kappa shape index (κ1) is 17.1. The van der Waals surface area contributed by atoms with E-state index in [2.05, 4.69) is 0 Å². The molecule has 0 amide bonds. The highest BCUT2D eigenvalue weighted by Gasteiger charge is 2.19. The third-order valence-electron chi connectivity index (χ3n) is 2.87. The van der Waals surface area contributed by atoms with Gasteiger partial charge in [0.25, 0.3) is 0 Å². The van der Waals surface area contributed by atoms with Gasteiger partial charge < -0.3 is 23.7 Å². The maximum atomic E-state index is 11.7. The number of rotatable bonds is 6. The highest BCUT2D eigenvalue weighted by atomic mass is 16.7. The lowest BCUT2D eigenvalue weighted by molar-refractivity contribution is -0.152. The van der Waals surface area contributed by atoms with E-state index in [9.17, 15) is 4.79 Å². The van der Waals surface area contributed by atoms with Crippen LogP contribution in [0.3, 0.4) is 0 Å². The van der Waals surface area contributed by atoms with Crippen LogP contribution < -0.4 is 0 Å². The van der Waals surface area contributed by atoms with E-state index < -0.39 is 0 Å². The van der Waals surface area contributed by atoms with Crippen LogP contribution in [0, 0.1) is 0 Å². The molecule has 0 unspecified atom stereocenters. The predicted octanol–water partition coefficient (Wildman–Crippen LogP) is 1.64. The average molecular weight is 288 g/mol. The van der Waals surface area contributed by atoms with E-state index in [1.165, 1.54) is 0 Å². The minimum absolute atomic E-state index is 0.176. The number of carbonyl (C=O) groups is 1. The lowest BCUT2D eigenvalue weighted by Crippen LogP contribution is -2.26. The Morgan fingerprint density at radius 1 is 1.15 bits per heavy atom. The number of hydrogen-bond acceptors (Lipinski definition) is 6. The van der Waals surface area contributed by atoms with Gasteiger partial charge in [-0.25, -0.2) is 0 Å². The monoisotopic (exact) mass is 288 g/mol. The molecule has 0 aliphatic carbocycles. The van der Waals surface area contributed by atoms with Crippen LogP contribution in [0.4, 0.5) is 0 Å². The summed E-state index contributed by atoms with van der Waals surface area (Å²) in [5.74, 6) is -0.218. The molecule has 1 aliphatic heterocycles. The van der Waals surface area contributed by atoms with Crippen molar-refractivity contribution in [2.75, 3.05) is 27.8 Å². The molecule has 116 valence electrons. The Morgan fingerprint density at radius 2 is 1.75 bits per heavy atom. The summed E-state index contributed by atoms with van der Waals surface area (Å²) >= 11 is 0. The number of methoxy groups -OCH3 is 2. The Hall–Kier alpha value is -0.950. The summed E-state index contributed by atoms with van der Waals surface area (Å²) in [6.07, 6.45) is 4.75. The van der Waals surface area contributed by atoms with Gasteiger partial charge in [-0.05, 0) is 13.3 Å². The zero-order chi connectivity index (χ0) is 14.8. The number of ether oxygens (including phenoxy) is 5. The zero-order valence-corrected chi connectivity index (χ0v) is 12.4. The third-order valence-corrected chi connectivity index (χ3v) is 2.87. The van der Waals surface area contributed by atoms with Crippen molar-refractivity contribution in [2.24, 2.45) is 0 Å². The van der Waals surface area contributed by atoms with E-state index in [-0.39, 0.29) is 37.9 Å². The Bertz CT molecular complexity index is 304. The Kier molecular flexibility index (Phi) is 8.45. The summed E-state index contributed by atoms with van der Waals surface area (Å²) in [5.41, 5.74) is 0. The first-order valence-electron chi connectivity index (χ1n) is 6.74. The second-order valence-electron chi connectivity index (χ2n) is 4.68. The van der Waals surface area contributed by atoms with Crippen molar-refractivity contribution in [2.45, 2.75) is 44.5 Å². The predicted molar refractivity (Wildman–Crippen MR) is 72.0 cm³/mol. The zero-order valence-electron chi connectivity index (χ0n) is 12.4. The van der Waals surface area contributed by atoms with Crippen LogP contribution in [-0.4, -0.2) is 52.1 Å². The van der Waals surface area contributed by atoms with Gasteiger partial charge in [0.05, 0.1) is 12.2 Å². The van der Waals surface area contributed by atoms with Crippen LogP contribution >= 0.6 is 0 Å². The van der Waals surface area contributed by atoms with Gasteiger partial charge in [0.1, 0.15) is 19.7 Å². The first-order valence-corrected chi connectivity index (χ1v) is 6.74. The van der Waals surface area contributed by atoms with Crippen molar-refractivity contribution in [1.29, 1.82) is 0 Å². The Balaban J connectivity index is 2.66. The lowest BCUT2D eigenvalue weighted by Gasteiger charge is -2.22. The van der Waals surface area contributed by atoms with Crippen molar-refractivity contribution in [3.63, 3.8) is 0 Å². The molecular weight excluding hydrogens is 264 g/mol. The van der Waals surface area contributed by atoms with Crippen LogP contribution in [0.2, 0.25) is 0 Å². The van der Waals surface area contributed by atoms with E-state index in [4.69, 9.17) is 23.7 Å². The van der Waals surface area contributed by atoms with Crippen LogP contribution in [0.5, 0.6) is 0 Å². The number of cyclic esters (lactones) is 1. The Morgan fingerprint density at radius 3 is 2.40 bits per heavy atom. The summed E-state index contributed by atoms with van der Waals surface area (Å²) in [5, 5.41) is 0. The van der Waals surface area contributed by atoms with Crippen LogP contribution in [0.1, 0.15) is 26.2 Å². The average Bonchev–Trinajstić information content (AvgIpc) is 2.42. The van der Waals surface area contributed by atoms with Crippen LogP contribution in [-0.2, 0) is 28.5 Å². The molecule has 0 fully saturated rings. The number of esters is 1. The summed E-state index contributed by atoms with van der Waals surface area (Å²) in [6, 6.07) is 0. The fourth-order valence-corrected chi connectivity index (χ4v) is 1.91. The summed E-state index contributed by atoms with van der Waals surface area (Å²) in [6.45, 7) is 2.23. The molecule has 1 aliphatic rings. The van der Waals surface area contributed by atoms with Gasteiger partial charge >= 0.3 is 5.97 Å². The minimum Gasteiger partial charge on any atom is -0.463 e. The maximum absolute atomic E-state index is 11.7. The first-order chi connectivity index (χ1) is 9.65. The molecule has 0 saturated heterocycles. The Labute approximate surface area is 120 Å². The largest absolute Gasteiger partial charge is 0.463 e. The fourth-order valence-electron chi connectivity index (χ4n) is 1.91. The van der Waals surface area contributed by atoms with Gasteiger partial charge in [0, 0.05) is 27.1 Å². The standard InChI is InChI=1S/C14H24O6/c1-11-8-13(19-10-17-3)5-4-12(18-9-16-2)6-7-14(15)20-11/h4-5,11-13H,6-10H2,1-3H3/b5-4-/t11-,12-,13-/m1/s1. The molecule has 0 radical (unpaired) electrons. The van der Waals surface area contributed by atoms with E-state index in [0.29, 0.717) is 19.3 Å². The smallest absolute Gasteiger partial charge is 0.306 e. The minimum atomic E-state index is -0.218. The van der Waals surface area contributed by atoms with Gasteiger partial charge in [-0.2, -0.15) is 0 Å². The molecule has 0 aromatic heterocycles. The molecule has 0 N–H and O–H groups in total. The highest BCUT2D eigenvalue weighted by molar-refractivity contribution is 5.69. The maximum Gasteiger partial charge on any atom is 0.306 e. The van der Waals surface area contributed by atoms with Crippen molar-refractivity contribution >= 4 is 5.97 Å². The van der Waals surface area contributed by atoms with Gasteiger partial charge in [-0.1, -0.05) is 12.2 Å². The topological polar surface area (TPSA) is 63.2 Å². The lowest BCUT2D eigenvalue weighted by atomic mass is 10.1. The van der Waals surface area contributed by atoms with Crippen LogP contribution in [0.15, 0.2) is 12.2 Å². The number of hydrogen-bond donors (Lipinski definition) is 0. The molecule has 0 aromatic carbocycles. The fraction of sp³-hybridized carbons (Fsp3) is 0.786. The molecule has 1 heterocycles. The van der Waals surface area contributed by atoms with Crippen molar-refractivity contribution < 1.29 is 28.5 Å². The van der Waals surface area contributed by atoms with E-state index >= 15 is 0 Å².